The first-order valence-corrected chi connectivity index (χ1v) is 11.7. The van der Waals surface area contributed by atoms with Gasteiger partial charge in [-0.05, 0) is 55.6 Å². The summed E-state index contributed by atoms with van der Waals surface area (Å²) in [4.78, 5) is 31.0. The summed E-state index contributed by atoms with van der Waals surface area (Å²) in [7, 11) is 1.63. The molecular formula is C23H22N4O3S2. The monoisotopic (exact) mass is 466 g/mol. The number of thiazole rings is 1. The Morgan fingerprint density at radius 3 is 2.59 bits per heavy atom. The number of carbonyl (C=O) groups excluding carboxylic acids is 1. The molecule has 3 heterocycles. The number of hydrogen-bond acceptors (Lipinski definition) is 7. The molecule has 4 aromatic rings. The molecule has 0 aliphatic rings. The second kappa shape index (κ2) is 9.05. The molecule has 7 nitrogen and oxygen atoms in total. The fourth-order valence-corrected chi connectivity index (χ4v) is 4.62. The summed E-state index contributed by atoms with van der Waals surface area (Å²) < 4.78 is 6.42. The van der Waals surface area contributed by atoms with Gasteiger partial charge in [-0.3, -0.25) is 9.59 Å². The molecule has 0 saturated carbocycles. The van der Waals surface area contributed by atoms with Crippen LogP contribution in [0, 0.1) is 0 Å². The van der Waals surface area contributed by atoms with E-state index >= 15 is 0 Å². The summed E-state index contributed by atoms with van der Waals surface area (Å²) in [6.07, 6.45) is 0. The zero-order chi connectivity index (χ0) is 22.7. The van der Waals surface area contributed by atoms with E-state index in [0.29, 0.717) is 5.69 Å². The number of aromatic nitrogens is 3. The van der Waals surface area contributed by atoms with Crippen LogP contribution < -0.4 is 15.6 Å². The quantitative estimate of drug-likeness (QED) is 0.442. The first-order valence-electron chi connectivity index (χ1n) is 9.90. The molecule has 0 atom stereocenters. The van der Waals surface area contributed by atoms with Crippen molar-refractivity contribution in [2.75, 3.05) is 7.11 Å². The third-order valence-corrected chi connectivity index (χ3v) is 6.81. The number of methoxy groups -OCH3 is 1. The number of benzene rings is 1. The second-order valence-corrected chi connectivity index (χ2v) is 9.37. The maximum atomic E-state index is 13.0. The van der Waals surface area contributed by atoms with Gasteiger partial charge in [-0.15, -0.1) is 22.7 Å². The van der Waals surface area contributed by atoms with Crippen molar-refractivity contribution in [3.05, 3.63) is 75.3 Å². The molecule has 1 N–H and O–H groups in total. The van der Waals surface area contributed by atoms with Gasteiger partial charge >= 0.3 is 0 Å². The van der Waals surface area contributed by atoms with Crippen LogP contribution in [0.15, 0.2) is 64.1 Å². The minimum atomic E-state index is -1.17. The van der Waals surface area contributed by atoms with Crippen LogP contribution in [0.4, 0.5) is 0 Å². The van der Waals surface area contributed by atoms with Gasteiger partial charge < -0.3 is 10.1 Å². The molecule has 1 aromatic carbocycles. The number of thiophene rings is 1. The van der Waals surface area contributed by atoms with E-state index in [2.05, 4.69) is 15.4 Å². The Hall–Kier alpha value is -3.30. The Kier molecular flexibility index (Phi) is 6.20. The highest BCUT2D eigenvalue weighted by Crippen LogP contribution is 2.26. The van der Waals surface area contributed by atoms with Gasteiger partial charge in [0.2, 0.25) is 5.91 Å². The summed E-state index contributed by atoms with van der Waals surface area (Å²) in [6.45, 7) is 3.62. The molecule has 0 bridgehead atoms. The maximum absolute atomic E-state index is 13.0. The Bertz CT molecular complexity index is 1280. The number of hydrogen-bond donors (Lipinski definition) is 1. The maximum Gasteiger partial charge on any atom is 0.267 e. The lowest BCUT2D eigenvalue weighted by Gasteiger charge is -2.25. The SMILES string of the molecule is COc1ccc(-c2nc(CNC(=O)C(C)(C)n3nc(-c4cccs4)ccc3=O)cs2)cc1. The fourth-order valence-electron chi connectivity index (χ4n) is 3.11. The third-order valence-electron chi connectivity index (χ3n) is 4.98. The van der Waals surface area contributed by atoms with Gasteiger partial charge in [-0.25, -0.2) is 9.67 Å². The molecule has 0 saturated heterocycles. The highest BCUT2D eigenvalue weighted by molar-refractivity contribution is 7.13. The standard InChI is InChI=1S/C23H22N4O3S2/c1-23(2,27-20(28)11-10-18(26-27)19-5-4-12-31-19)22(29)24-13-16-14-32-21(25-16)15-6-8-17(30-3)9-7-15/h4-12,14H,13H2,1-3H3,(H,24,29). The van der Waals surface area contributed by atoms with E-state index in [-0.39, 0.29) is 18.0 Å². The Morgan fingerprint density at radius 1 is 1.12 bits per heavy atom. The second-order valence-electron chi connectivity index (χ2n) is 7.56. The number of rotatable bonds is 7. The lowest BCUT2D eigenvalue weighted by atomic mass is 10.0. The van der Waals surface area contributed by atoms with Gasteiger partial charge in [0, 0.05) is 17.0 Å². The van der Waals surface area contributed by atoms with Crippen molar-refractivity contribution >= 4 is 28.6 Å². The summed E-state index contributed by atoms with van der Waals surface area (Å²) >= 11 is 3.03. The average Bonchev–Trinajstić information content (AvgIpc) is 3.50. The molecule has 9 heteroatoms. The van der Waals surface area contributed by atoms with Crippen LogP contribution in [0.2, 0.25) is 0 Å². The van der Waals surface area contributed by atoms with Crippen LogP contribution in [-0.4, -0.2) is 27.8 Å². The fraction of sp³-hybridized carbons (Fsp3) is 0.217. The van der Waals surface area contributed by atoms with Crippen molar-refractivity contribution in [2.24, 2.45) is 0 Å². The predicted octanol–water partition coefficient (Wildman–Crippen LogP) is 4.16. The summed E-state index contributed by atoms with van der Waals surface area (Å²) in [5, 5.41) is 12.1. The van der Waals surface area contributed by atoms with Gasteiger partial charge in [-0.1, -0.05) is 6.07 Å². The van der Waals surface area contributed by atoms with Crippen LogP contribution >= 0.6 is 22.7 Å². The molecule has 164 valence electrons. The van der Waals surface area contributed by atoms with E-state index in [0.717, 1.165) is 26.9 Å². The minimum absolute atomic E-state index is 0.258. The van der Waals surface area contributed by atoms with E-state index in [9.17, 15) is 9.59 Å². The van der Waals surface area contributed by atoms with Crippen LogP contribution in [0.5, 0.6) is 5.75 Å². The van der Waals surface area contributed by atoms with Crippen molar-refractivity contribution in [2.45, 2.75) is 25.9 Å². The number of nitrogens with zero attached hydrogens (tertiary/aromatic N) is 3. The Morgan fingerprint density at radius 2 is 1.91 bits per heavy atom. The molecule has 0 spiro atoms. The van der Waals surface area contributed by atoms with E-state index < -0.39 is 5.54 Å². The number of ether oxygens (including phenoxy) is 1. The molecule has 0 aliphatic heterocycles. The molecule has 0 fully saturated rings. The van der Waals surface area contributed by atoms with Gasteiger partial charge in [-0.2, -0.15) is 5.10 Å². The van der Waals surface area contributed by atoms with Crippen LogP contribution in [0.1, 0.15) is 19.5 Å². The van der Waals surface area contributed by atoms with E-state index in [4.69, 9.17) is 4.74 Å². The van der Waals surface area contributed by atoms with Crippen molar-refractivity contribution in [1.29, 1.82) is 0 Å². The lowest BCUT2D eigenvalue weighted by molar-refractivity contribution is -0.129. The van der Waals surface area contributed by atoms with Crippen molar-refractivity contribution < 1.29 is 9.53 Å². The molecule has 4 rings (SSSR count). The number of nitrogens with one attached hydrogen (secondary N) is 1. The van der Waals surface area contributed by atoms with Crippen molar-refractivity contribution in [3.8, 4) is 26.9 Å². The molecule has 32 heavy (non-hydrogen) atoms. The Labute approximate surface area is 193 Å². The largest absolute Gasteiger partial charge is 0.497 e. The van der Waals surface area contributed by atoms with Crippen LogP contribution in [0.3, 0.4) is 0 Å². The van der Waals surface area contributed by atoms with Gasteiger partial charge in [0.1, 0.15) is 22.0 Å². The zero-order valence-corrected chi connectivity index (χ0v) is 19.5. The number of amides is 1. The average molecular weight is 467 g/mol. The highest BCUT2D eigenvalue weighted by Gasteiger charge is 2.32. The van der Waals surface area contributed by atoms with Crippen molar-refractivity contribution in [1.82, 2.24) is 20.1 Å². The van der Waals surface area contributed by atoms with Crippen molar-refractivity contribution in [3.63, 3.8) is 0 Å². The summed E-state index contributed by atoms with van der Waals surface area (Å²) in [5.41, 5.74) is 0.886. The molecule has 0 unspecified atom stereocenters. The summed E-state index contributed by atoms with van der Waals surface area (Å²) in [5.74, 6) is 0.474. The Balaban J connectivity index is 1.47. The molecule has 0 radical (unpaired) electrons. The molecule has 0 aliphatic carbocycles. The molecule has 1 amide bonds. The minimum Gasteiger partial charge on any atom is -0.497 e. The van der Waals surface area contributed by atoms with E-state index in [1.807, 2.05) is 47.2 Å². The first kappa shape index (κ1) is 21.9. The van der Waals surface area contributed by atoms with E-state index in [1.165, 1.54) is 33.4 Å². The first-order chi connectivity index (χ1) is 15.4. The molecular weight excluding hydrogens is 444 g/mol. The third kappa shape index (κ3) is 4.49. The van der Waals surface area contributed by atoms with Crippen LogP contribution in [0.25, 0.3) is 21.1 Å². The van der Waals surface area contributed by atoms with E-state index in [1.54, 1.807) is 27.0 Å². The highest BCUT2D eigenvalue weighted by atomic mass is 32.1. The predicted molar refractivity (Wildman–Crippen MR) is 127 cm³/mol. The van der Waals surface area contributed by atoms with Crippen LogP contribution in [-0.2, 0) is 16.9 Å². The molecule has 3 aromatic heterocycles. The topological polar surface area (TPSA) is 86.1 Å². The lowest BCUT2D eigenvalue weighted by Crippen LogP contribution is -2.49. The summed E-state index contributed by atoms with van der Waals surface area (Å²) in [6, 6.07) is 14.6. The smallest absolute Gasteiger partial charge is 0.267 e. The normalized spacial score (nSPS) is 11.3. The van der Waals surface area contributed by atoms with Gasteiger partial charge in [0.25, 0.3) is 5.56 Å². The van der Waals surface area contributed by atoms with Gasteiger partial charge in [0.15, 0.2) is 0 Å². The number of carbonyl (C=O) groups is 1. The zero-order valence-electron chi connectivity index (χ0n) is 17.9. The van der Waals surface area contributed by atoms with Gasteiger partial charge in [0.05, 0.1) is 24.2 Å².